The number of rotatable bonds is 29. The molecule has 2 aromatic carbocycles. The zero-order chi connectivity index (χ0) is 39.0. The fraction of sp³-hybridized carbons (Fsp3) is 0.647. The predicted molar refractivity (Wildman–Crippen MR) is 239 cm³/mol. The van der Waals surface area contributed by atoms with Crippen molar-refractivity contribution in [3.8, 4) is 0 Å². The van der Waals surface area contributed by atoms with Gasteiger partial charge in [-0.3, -0.25) is 0 Å². The molecule has 3 heteroatoms. The number of hydrogen-bond donors (Lipinski definition) is 0. The molecule has 0 aromatic heterocycles. The molecular formula is C51H84N2Pd. The van der Waals surface area contributed by atoms with Gasteiger partial charge in [0.15, 0.2) is 0 Å². The molecule has 2 nitrogen and oxygen atoms in total. The maximum atomic E-state index is 9.11. The van der Waals surface area contributed by atoms with Gasteiger partial charge in [0.1, 0.15) is 0 Å². The van der Waals surface area contributed by atoms with Crippen molar-refractivity contribution in [1.29, 1.82) is 0 Å². The predicted octanol–water partition coefficient (Wildman–Crippen LogP) is 16.9. The molecule has 308 valence electrons. The van der Waals surface area contributed by atoms with Gasteiger partial charge in [-0.2, -0.15) is 12.8 Å². The van der Waals surface area contributed by atoms with Gasteiger partial charge in [-0.25, -0.2) is 0 Å². The summed E-state index contributed by atoms with van der Waals surface area (Å²) in [6, 6.07) is 17.9. The van der Waals surface area contributed by atoms with Crippen LogP contribution in [0.25, 0.3) is 11.1 Å². The number of nitrogens with zero attached hydrogens (tertiary/aromatic N) is 2. The summed E-state index contributed by atoms with van der Waals surface area (Å²) in [6.07, 6.45) is 38.4. The molecule has 0 amide bonds. The van der Waals surface area contributed by atoms with Gasteiger partial charge in [0.2, 0.25) is 0 Å². The van der Waals surface area contributed by atoms with Crippen molar-refractivity contribution >= 4 is 11.4 Å². The molecule has 0 saturated heterocycles. The summed E-state index contributed by atoms with van der Waals surface area (Å²) in [4.78, 5) is 3.20. The Kier molecular flexibility index (Phi) is 42.2. The maximum absolute atomic E-state index is 9.11. The Hall–Kier alpha value is -2.00. The number of benzene rings is 2. The zero-order valence-electron chi connectivity index (χ0n) is 36.1. The summed E-state index contributed by atoms with van der Waals surface area (Å²) in [6.45, 7) is 18.8. The first-order valence-corrected chi connectivity index (χ1v) is 22.5. The average Bonchev–Trinajstić information content (AvgIpc) is 3.19. The van der Waals surface area contributed by atoms with Gasteiger partial charge in [-0.1, -0.05) is 212 Å². The first-order chi connectivity index (χ1) is 26.0. The van der Waals surface area contributed by atoms with Crippen LogP contribution in [-0.2, 0) is 33.3 Å². The number of allylic oxidation sites excluding steroid dienone is 2. The molecule has 0 aliphatic carbocycles. The Balaban J connectivity index is 0. The van der Waals surface area contributed by atoms with E-state index in [1.54, 1.807) is 0 Å². The molecule has 54 heavy (non-hydrogen) atoms. The van der Waals surface area contributed by atoms with E-state index in [0.29, 0.717) is 0 Å². The van der Waals surface area contributed by atoms with Crippen LogP contribution in [-0.4, -0.2) is 10.7 Å². The molecule has 0 aliphatic rings. The quantitative estimate of drug-likeness (QED) is 0.0149. The fourth-order valence-electron chi connectivity index (χ4n) is 6.38. The van der Waals surface area contributed by atoms with Gasteiger partial charge in [-0.05, 0) is 72.4 Å². The molecule has 0 unspecified atom stereocenters. The van der Waals surface area contributed by atoms with Crippen molar-refractivity contribution in [3.05, 3.63) is 102 Å². The molecule has 0 heterocycles. The Morgan fingerprint density at radius 2 is 0.852 bits per heavy atom. The van der Waals surface area contributed by atoms with Crippen LogP contribution in [0.4, 0.5) is 0 Å². The van der Waals surface area contributed by atoms with Crippen molar-refractivity contribution in [1.82, 2.24) is 0 Å². The van der Waals surface area contributed by atoms with Crippen LogP contribution in [0.2, 0.25) is 0 Å². The molecule has 0 radical (unpaired) electrons. The smallest absolute Gasteiger partial charge is 0.348 e. The van der Waals surface area contributed by atoms with Crippen LogP contribution < -0.4 is 0 Å². The van der Waals surface area contributed by atoms with Crippen LogP contribution in [0.15, 0.2) is 60.2 Å². The van der Waals surface area contributed by atoms with E-state index in [4.69, 9.17) is 5.53 Å². The molecule has 2 rings (SSSR count). The second-order valence-electron chi connectivity index (χ2n) is 15.0. The van der Waals surface area contributed by atoms with Crippen molar-refractivity contribution in [2.45, 2.75) is 214 Å². The van der Waals surface area contributed by atoms with Gasteiger partial charge >= 0.3 is 26.3 Å². The second-order valence-corrected chi connectivity index (χ2v) is 15.0. The number of aryl methyl sites for hydroxylation is 2. The third-order valence-electron chi connectivity index (χ3n) is 9.94. The maximum Gasteiger partial charge on any atom is 2.00 e. The van der Waals surface area contributed by atoms with Gasteiger partial charge in [0.05, 0.1) is 5.57 Å². The molecule has 0 saturated carbocycles. The van der Waals surface area contributed by atoms with E-state index in [9.17, 15) is 0 Å². The summed E-state index contributed by atoms with van der Waals surface area (Å²) in [5.74, 6) is 2.79. The first-order valence-electron chi connectivity index (χ1n) is 22.5. The molecular weight excluding hydrogens is 747 g/mol. The van der Waals surface area contributed by atoms with Gasteiger partial charge in [0.25, 0.3) is 0 Å². The topological polar surface area (TPSA) is 36.4 Å². The van der Waals surface area contributed by atoms with Crippen LogP contribution in [0.1, 0.15) is 224 Å². The minimum absolute atomic E-state index is 0. The monoisotopic (exact) mass is 831 g/mol. The standard InChI is InChI=1S/C29H38N2.2C11H23.Pd/c1-4-7-10-13-25-16-20-28(21-17-25)29(22-26(23-31-30)12-9-6-3)27-18-14-24(15-19-27)11-8-5-2;2*1-3-5-7-9-11-10-8-6-4-2;/h14-22H,4-13H2,1-3H3;2*1,3-11H2,2H3;/q;2*-1;+2. The molecule has 0 bridgehead atoms. The van der Waals surface area contributed by atoms with Crippen molar-refractivity contribution < 1.29 is 25.2 Å². The molecule has 0 spiro atoms. The second kappa shape index (κ2) is 42.2. The van der Waals surface area contributed by atoms with E-state index in [0.717, 1.165) is 56.1 Å². The van der Waals surface area contributed by atoms with Gasteiger partial charge < -0.3 is 19.4 Å². The minimum atomic E-state index is 0. The third-order valence-corrected chi connectivity index (χ3v) is 9.94. The van der Waals surface area contributed by atoms with Gasteiger partial charge in [-0.15, -0.1) is 4.79 Å². The van der Waals surface area contributed by atoms with E-state index in [2.05, 4.69) is 114 Å². The van der Waals surface area contributed by atoms with E-state index in [-0.39, 0.29) is 20.4 Å². The van der Waals surface area contributed by atoms with Crippen molar-refractivity contribution in [3.63, 3.8) is 0 Å². The molecule has 0 atom stereocenters. The van der Waals surface area contributed by atoms with Crippen molar-refractivity contribution in [2.24, 2.45) is 0 Å². The van der Waals surface area contributed by atoms with Crippen LogP contribution in [0.3, 0.4) is 0 Å². The summed E-state index contributed by atoms with van der Waals surface area (Å²) in [7, 11) is 0. The molecule has 0 aliphatic heterocycles. The summed E-state index contributed by atoms with van der Waals surface area (Å²) in [5.41, 5.74) is 16.4. The van der Waals surface area contributed by atoms with E-state index in [1.165, 1.54) is 157 Å². The van der Waals surface area contributed by atoms with Crippen LogP contribution >= 0.6 is 0 Å². The number of hydrogen-bond acceptors (Lipinski definition) is 0. The molecule has 0 fully saturated rings. The number of unbranched alkanes of at least 4 members (excludes halogenated alkanes) is 20. The zero-order valence-corrected chi connectivity index (χ0v) is 37.7. The van der Waals surface area contributed by atoms with E-state index >= 15 is 0 Å². The van der Waals surface area contributed by atoms with E-state index in [1.807, 2.05) is 0 Å². The van der Waals surface area contributed by atoms with Crippen LogP contribution in [0, 0.1) is 13.8 Å². The largest absolute Gasteiger partial charge is 2.00 e. The Bertz CT molecular complexity index is 1150. The Morgan fingerprint density at radius 3 is 1.22 bits per heavy atom. The minimum Gasteiger partial charge on any atom is -0.348 e. The summed E-state index contributed by atoms with van der Waals surface area (Å²) < 4.78 is 0. The third kappa shape index (κ3) is 31.2. The normalized spacial score (nSPS) is 10.6. The van der Waals surface area contributed by atoms with Gasteiger partial charge in [0, 0.05) is 0 Å². The summed E-state index contributed by atoms with van der Waals surface area (Å²) in [5, 5.41) is 0. The Labute approximate surface area is 351 Å². The average molecular weight is 832 g/mol. The van der Waals surface area contributed by atoms with E-state index < -0.39 is 0 Å². The molecule has 2 aromatic rings. The SMILES string of the molecule is CCCCCc1ccc(C(=CC(=C=[N+]=[N-])CCCC)c2ccc(CCCC)cc2)cc1.[CH2-]CCCCCCCCCC.[CH2-]CCCCCCCCCC.[Pd+2]. The van der Waals surface area contributed by atoms with Crippen LogP contribution in [0.5, 0.6) is 0 Å². The van der Waals surface area contributed by atoms with Crippen molar-refractivity contribution in [2.75, 3.05) is 0 Å². The Morgan fingerprint density at radius 1 is 0.500 bits per heavy atom. The fourth-order valence-corrected chi connectivity index (χ4v) is 6.38. The summed E-state index contributed by atoms with van der Waals surface area (Å²) >= 11 is 0. The molecule has 0 N–H and O–H groups in total. The first kappa shape index (κ1) is 54.1.